The number of likely N-dealkylation sites (tertiary alicyclic amines) is 1. The van der Waals surface area contributed by atoms with Gasteiger partial charge in [-0.25, -0.2) is 27.9 Å². The van der Waals surface area contributed by atoms with Crippen molar-refractivity contribution in [2.45, 2.75) is 56.7 Å². The van der Waals surface area contributed by atoms with E-state index in [1.807, 2.05) is 20.8 Å². The summed E-state index contributed by atoms with van der Waals surface area (Å²) in [7, 11) is -3.29. The summed E-state index contributed by atoms with van der Waals surface area (Å²) in [5.74, 6) is 0.569. The lowest BCUT2D eigenvalue weighted by Crippen LogP contribution is -2.49. The van der Waals surface area contributed by atoms with Crippen LogP contribution in [0.2, 0.25) is 0 Å². The van der Waals surface area contributed by atoms with Gasteiger partial charge in [0, 0.05) is 12.8 Å². The van der Waals surface area contributed by atoms with E-state index in [2.05, 4.69) is 20.4 Å². The molecule has 33 heavy (non-hydrogen) atoms. The van der Waals surface area contributed by atoms with Crippen LogP contribution in [0.4, 0.5) is 10.6 Å². The maximum Gasteiger partial charge on any atom is 0.411 e. The number of ether oxygens (including phenoxy) is 1. The van der Waals surface area contributed by atoms with E-state index in [0.717, 1.165) is 19.3 Å². The van der Waals surface area contributed by atoms with Crippen molar-refractivity contribution in [2.24, 2.45) is 0 Å². The van der Waals surface area contributed by atoms with Crippen LogP contribution >= 0.6 is 0 Å². The van der Waals surface area contributed by atoms with Crippen LogP contribution in [-0.4, -0.2) is 63.7 Å². The van der Waals surface area contributed by atoms with Gasteiger partial charge >= 0.3 is 6.09 Å². The van der Waals surface area contributed by atoms with Gasteiger partial charge in [0.2, 0.25) is 0 Å². The number of sulfone groups is 1. The van der Waals surface area contributed by atoms with E-state index < -0.39 is 15.4 Å². The summed E-state index contributed by atoms with van der Waals surface area (Å²) < 4.78 is 30.7. The second-order valence-electron chi connectivity index (χ2n) is 9.11. The minimum absolute atomic E-state index is 0.235. The van der Waals surface area contributed by atoms with Crippen LogP contribution in [0.15, 0.2) is 41.7 Å². The second kappa shape index (κ2) is 8.62. The molecule has 1 aliphatic rings. The molecule has 10 nitrogen and oxygen atoms in total. The molecule has 0 aliphatic carbocycles. The molecular formula is C22H28N6O4S. The monoisotopic (exact) mass is 472 g/mol. The summed E-state index contributed by atoms with van der Waals surface area (Å²) in [5.41, 5.74) is 0.670. The third kappa shape index (κ3) is 5.08. The van der Waals surface area contributed by atoms with Crippen molar-refractivity contribution in [2.75, 3.05) is 18.1 Å². The first-order valence-corrected chi connectivity index (χ1v) is 12.7. The van der Waals surface area contributed by atoms with Crippen LogP contribution in [-0.2, 0) is 14.6 Å². The number of nitrogens with zero attached hydrogens (tertiary/aromatic N) is 5. The average molecular weight is 473 g/mol. The molecule has 1 amide bonds. The molecule has 11 heteroatoms. The molecule has 0 bridgehead atoms. The Balaban J connectivity index is 1.62. The normalized spacial score (nSPS) is 17.2. The Morgan fingerprint density at radius 2 is 1.88 bits per heavy atom. The van der Waals surface area contributed by atoms with Gasteiger partial charge in [-0.15, -0.1) is 0 Å². The lowest BCUT2D eigenvalue weighted by Gasteiger charge is -2.37. The van der Waals surface area contributed by atoms with Gasteiger partial charge in [-0.1, -0.05) is 0 Å². The molecule has 1 fully saturated rings. The smallest absolute Gasteiger partial charge is 0.411 e. The number of amides is 1. The Hall–Kier alpha value is -3.21. The van der Waals surface area contributed by atoms with E-state index >= 15 is 0 Å². The van der Waals surface area contributed by atoms with Gasteiger partial charge in [0.25, 0.3) is 0 Å². The van der Waals surface area contributed by atoms with Gasteiger partial charge in [-0.2, -0.15) is 5.10 Å². The van der Waals surface area contributed by atoms with E-state index in [0.29, 0.717) is 29.1 Å². The summed E-state index contributed by atoms with van der Waals surface area (Å²) in [4.78, 5) is 23.4. The predicted molar refractivity (Wildman–Crippen MR) is 124 cm³/mol. The lowest BCUT2D eigenvalue weighted by molar-refractivity contribution is 0.0130. The summed E-state index contributed by atoms with van der Waals surface area (Å²) in [6, 6.07) is 6.45. The van der Waals surface area contributed by atoms with Crippen LogP contribution < -0.4 is 5.32 Å². The number of rotatable bonds is 4. The Morgan fingerprint density at radius 3 is 2.55 bits per heavy atom. The maximum atomic E-state index is 12.7. The molecule has 1 aromatic carbocycles. The van der Waals surface area contributed by atoms with E-state index in [4.69, 9.17) is 4.74 Å². The predicted octanol–water partition coefficient (Wildman–Crippen LogP) is 3.38. The summed E-state index contributed by atoms with van der Waals surface area (Å²) in [6.45, 7) is 6.15. The molecule has 4 rings (SSSR count). The molecule has 0 radical (unpaired) electrons. The fourth-order valence-electron chi connectivity index (χ4n) is 3.76. The number of hydrogen-bond donors (Lipinski definition) is 1. The zero-order valence-electron chi connectivity index (χ0n) is 19.1. The average Bonchev–Trinajstić information content (AvgIpc) is 3.17. The van der Waals surface area contributed by atoms with Crippen LogP contribution in [0, 0.1) is 0 Å². The van der Waals surface area contributed by atoms with Crippen LogP contribution in [0.5, 0.6) is 0 Å². The van der Waals surface area contributed by atoms with Gasteiger partial charge in [0.05, 0.1) is 22.2 Å². The van der Waals surface area contributed by atoms with Crippen LogP contribution in [0.25, 0.3) is 16.7 Å². The van der Waals surface area contributed by atoms with Crippen LogP contribution in [0.3, 0.4) is 0 Å². The van der Waals surface area contributed by atoms with Crippen molar-refractivity contribution in [3.8, 4) is 5.69 Å². The molecule has 3 aromatic rings. The molecule has 1 atom stereocenters. The van der Waals surface area contributed by atoms with E-state index in [1.54, 1.807) is 40.0 Å². The third-order valence-electron chi connectivity index (χ3n) is 5.31. The number of aromatic nitrogens is 4. The highest BCUT2D eigenvalue weighted by molar-refractivity contribution is 7.90. The Labute approximate surface area is 192 Å². The first-order valence-electron chi connectivity index (χ1n) is 10.8. The van der Waals surface area contributed by atoms with Crippen molar-refractivity contribution < 1.29 is 17.9 Å². The highest BCUT2D eigenvalue weighted by atomic mass is 32.2. The minimum atomic E-state index is -3.29. The van der Waals surface area contributed by atoms with Gasteiger partial charge in [-0.05, 0) is 64.3 Å². The number of fused-ring (bicyclic) bond motifs is 1. The zero-order chi connectivity index (χ0) is 23.8. The Bertz CT molecular complexity index is 1260. The SMILES string of the molecule is CC(C)(C)OC(=O)N1CCCCC1Nc1ncnc2c1cnn2-c1ccc(S(C)(=O)=O)cc1. The fourth-order valence-corrected chi connectivity index (χ4v) is 4.39. The van der Waals surface area contributed by atoms with Gasteiger partial charge < -0.3 is 10.1 Å². The Kier molecular flexibility index (Phi) is 6.00. The number of anilines is 1. The topological polar surface area (TPSA) is 119 Å². The number of carbonyl (C=O) groups is 1. The Morgan fingerprint density at radius 1 is 1.15 bits per heavy atom. The van der Waals surface area contributed by atoms with E-state index in [9.17, 15) is 13.2 Å². The first kappa shape index (κ1) is 23.0. The molecule has 0 saturated carbocycles. The molecule has 1 N–H and O–H groups in total. The van der Waals surface area contributed by atoms with Crippen molar-refractivity contribution in [3.05, 3.63) is 36.8 Å². The second-order valence-corrected chi connectivity index (χ2v) is 11.1. The zero-order valence-corrected chi connectivity index (χ0v) is 20.0. The lowest BCUT2D eigenvalue weighted by atomic mass is 10.1. The van der Waals surface area contributed by atoms with Gasteiger partial charge in [0.1, 0.15) is 23.9 Å². The number of benzene rings is 1. The third-order valence-corrected chi connectivity index (χ3v) is 6.44. The van der Waals surface area contributed by atoms with Crippen LogP contribution in [0.1, 0.15) is 40.0 Å². The molecule has 1 saturated heterocycles. The molecule has 3 heterocycles. The molecular weight excluding hydrogens is 444 g/mol. The summed E-state index contributed by atoms with van der Waals surface area (Å²) in [5, 5.41) is 8.50. The number of carbonyl (C=O) groups excluding carboxylic acids is 1. The van der Waals surface area contributed by atoms with Crippen molar-refractivity contribution in [1.82, 2.24) is 24.6 Å². The van der Waals surface area contributed by atoms with Gasteiger partial charge in [0.15, 0.2) is 15.5 Å². The molecule has 2 aromatic heterocycles. The number of nitrogens with one attached hydrogen (secondary N) is 1. The first-order chi connectivity index (χ1) is 15.5. The van der Waals surface area contributed by atoms with E-state index in [-0.39, 0.29) is 17.2 Å². The highest BCUT2D eigenvalue weighted by Gasteiger charge is 2.31. The molecule has 176 valence electrons. The standard InChI is InChI=1S/C22H28N6O4S/c1-22(2,3)32-21(29)27-12-6-5-7-18(27)26-19-17-13-25-28(20(17)24-14-23-19)15-8-10-16(11-9-15)33(4,30)31/h8-11,13-14,18H,5-7,12H2,1-4H3,(H,23,24,26). The van der Waals surface area contributed by atoms with Gasteiger partial charge in [-0.3, -0.25) is 4.90 Å². The molecule has 0 spiro atoms. The minimum Gasteiger partial charge on any atom is -0.444 e. The number of hydrogen-bond acceptors (Lipinski definition) is 8. The van der Waals surface area contributed by atoms with Crippen molar-refractivity contribution in [3.63, 3.8) is 0 Å². The largest absolute Gasteiger partial charge is 0.444 e. The number of piperidine rings is 1. The highest BCUT2D eigenvalue weighted by Crippen LogP contribution is 2.26. The molecule has 1 aliphatic heterocycles. The summed E-state index contributed by atoms with van der Waals surface area (Å²) >= 11 is 0. The molecule has 1 unspecified atom stereocenters. The fraction of sp³-hybridized carbons (Fsp3) is 0.455. The van der Waals surface area contributed by atoms with Crippen molar-refractivity contribution in [1.29, 1.82) is 0 Å². The summed E-state index contributed by atoms with van der Waals surface area (Å²) in [6.07, 6.45) is 6.32. The van der Waals surface area contributed by atoms with E-state index in [1.165, 1.54) is 12.6 Å². The quantitative estimate of drug-likeness (QED) is 0.614. The van der Waals surface area contributed by atoms with Crippen molar-refractivity contribution >= 4 is 32.8 Å². The maximum absolute atomic E-state index is 12.7.